The topological polar surface area (TPSA) is 114 Å². The van der Waals surface area contributed by atoms with Crippen LogP contribution in [0.5, 0.6) is 0 Å². The molecule has 2 aromatic rings. The van der Waals surface area contributed by atoms with E-state index in [1.165, 1.54) is 18.4 Å². The van der Waals surface area contributed by atoms with E-state index in [4.69, 9.17) is 9.56 Å². The summed E-state index contributed by atoms with van der Waals surface area (Å²) < 4.78 is 27.3. The number of furan rings is 1. The average Bonchev–Trinajstić information content (AvgIpc) is 2.95. The van der Waals surface area contributed by atoms with E-state index in [2.05, 4.69) is 10.6 Å². The van der Waals surface area contributed by atoms with Gasteiger partial charge < -0.3 is 15.1 Å². The second kappa shape index (κ2) is 6.42. The molecule has 112 valence electrons. The summed E-state index contributed by atoms with van der Waals surface area (Å²) >= 11 is 0. The van der Waals surface area contributed by atoms with Crippen molar-refractivity contribution >= 4 is 16.1 Å². The van der Waals surface area contributed by atoms with Crippen LogP contribution in [0.25, 0.3) is 0 Å². The van der Waals surface area contributed by atoms with Gasteiger partial charge in [-0.1, -0.05) is 12.1 Å². The number of carbonyl (C=O) groups excluding carboxylic acids is 1. The number of nitrogens with one attached hydrogen (secondary N) is 2. The van der Waals surface area contributed by atoms with Crippen molar-refractivity contribution in [3.05, 3.63) is 54.0 Å². The molecule has 0 fully saturated rings. The summed E-state index contributed by atoms with van der Waals surface area (Å²) in [5.41, 5.74) is 0.760. The zero-order valence-electron chi connectivity index (χ0n) is 11.1. The predicted octanol–water partition coefficient (Wildman–Crippen LogP) is 0.926. The number of rotatable bonds is 5. The summed E-state index contributed by atoms with van der Waals surface area (Å²) in [6.07, 6.45) is 1.53. The molecule has 8 heteroatoms. The fourth-order valence-electron chi connectivity index (χ4n) is 1.62. The van der Waals surface area contributed by atoms with Crippen LogP contribution in [0.15, 0.2) is 52.0 Å². The number of primary sulfonamides is 1. The quantitative estimate of drug-likeness (QED) is 0.762. The zero-order chi connectivity index (χ0) is 15.3. The van der Waals surface area contributed by atoms with E-state index in [9.17, 15) is 13.2 Å². The summed E-state index contributed by atoms with van der Waals surface area (Å²) in [6, 6.07) is 9.12. The number of urea groups is 1. The van der Waals surface area contributed by atoms with Gasteiger partial charge in [0.05, 0.1) is 17.7 Å². The Morgan fingerprint density at radius 1 is 1.10 bits per heavy atom. The summed E-state index contributed by atoms with van der Waals surface area (Å²) in [7, 11) is -3.69. The number of carbonyl (C=O) groups is 1. The first-order valence-corrected chi connectivity index (χ1v) is 7.65. The highest BCUT2D eigenvalue weighted by Crippen LogP contribution is 2.08. The second-order valence-corrected chi connectivity index (χ2v) is 5.87. The highest BCUT2D eigenvalue weighted by atomic mass is 32.2. The van der Waals surface area contributed by atoms with Crippen molar-refractivity contribution in [3.63, 3.8) is 0 Å². The monoisotopic (exact) mass is 309 g/mol. The lowest BCUT2D eigenvalue weighted by molar-refractivity contribution is 0.239. The van der Waals surface area contributed by atoms with Crippen LogP contribution in [0.1, 0.15) is 11.3 Å². The van der Waals surface area contributed by atoms with Crippen LogP contribution in [0.3, 0.4) is 0 Å². The summed E-state index contributed by atoms with van der Waals surface area (Å²) in [5.74, 6) is 0.655. The molecule has 2 rings (SSSR count). The maximum Gasteiger partial charge on any atom is 0.315 e. The van der Waals surface area contributed by atoms with Gasteiger partial charge in [-0.3, -0.25) is 0 Å². The van der Waals surface area contributed by atoms with Crippen molar-refractivity contribution in [1.82, 2.24) is 10.6 Å². The van der Waals surface area contributed by atoms with E-state index in [-0.39, 0.29) is 17.5 Å². The van der Waals surface area contributed by atoms with Crippen molar-refractivity contribution in [2.24, 2.45) is 5.14 Å². The van der Waals surface area contributed by atoms with Gasteiger partial charge in [-0.15, -0.1) is 0 Å². The zero-order valence-corrected chi connectivity index (χ0v) is 11.9. The summed E-state index contributed by atoms with van der Waals surface area (Å²) in [5, 5.41) is 10.3. The standard InChI is InChI=1S/C13H15N3O4S/c14-21(18,19)12-5-3-10(4-6-12)8-15-13(17)16-9-11-2-1-7-20-11/h1-7H,8-9H2,(H2,14,18,19)(H2,15,16,17). The smallest absolute Gasteiger partial charge is 0.315 e. The van der Waals surface area contributed by atoms with Gasteiger partial charge in [0, 0.05) is 6.54 Å². The minimum atomic E-state index is -3.69. The third-order valence-electron chi connectivity index (χ3n) is 2.71. The van der Waals surface area contributed by atoms with Gasteiger partial charge in [-0.2, -0.15) is 0 Å². The van der Waals surface area contributed by atoms with Crippen molar-refractivity contribution in [2.45, 2.75) is 18.0 Å². The molecule has 0 bridgehead atoms. The Hall–Kier alpha value is -2.32. The van der Waals surface area contributed by atoms with E-state index < -0.39 is 10.0 Å². The highest BCUT2D eigenvalue weighted by Gasteiger charge is 2.07. The van der Waals surface area contributed by atoms with E-state index in [0.717, 1.165) is 5.56 Å². The molecule has 2 amide bonds. The average molecular weight is 309 g/mol. The number of hydrogen-bond donors (Lipinski definition) is 3. The molecule has 0 saturated carbocycles. The highest BCUT2D eigenvalue weighted by molar-refractivity contribution is 7.89. The largest absolute Gasteiger partial charge is 0.467 e. The molecule has 1 heterocycles. The van der Waals surface area contributed by atoms with Gasteiger partial charge in [0.1, 0.15) is 5.76 Å². The second-order valence-electron chi connectivity index (χ2n) is 4.30. The molecule has 1 aromatic heterocycles. The molecule has 0 aliphatic carbocycles. The maximum absolute atomic E-state index is 11.6. The Balaban J connectivity index is 1.81. The van der Waals surface area contributed by atoms with Crippen molar-refractivity contribution in [1.29, 1.82) is 0 Å². The lowest BCUT2D eigenvalue weighted by atomic mass is 10.2. The molecule has 0 saturated heterocycles. The first-order valence-electron chi connectivity index (χ1n) is 6.11. The Morgan fingerprint density at radius 2 is 1.76 bits per heavy atom. The molecule has 0 spiro atoms. The summed E-state index contributed by atoms with van der Waals surface area (Å²) in [4.78, 5) is 11.6. The maximum atomic E-state index is 11.6. The van der Waals surface area contributed by atoms with Crippen LogP contribution in [-0.2, 0) is 23.1 Å². The Kier molecular flexibility index (Phi) is 4.61. The molecule has 0 unspecified atom stereocenters. The van der Waals surface area contributed by atoms with Crippen LogP contribution < -0.4 is 15.8 Å². The normalized spacial score (nSPS) is 11.1. The third-order valence-corrected chi connectivity index (χ3v) is 3.64. The molecule has 21 heavy (non-hydrogen) atoms. The Morgan fingerprint density at radius 3 is 2.33 bits per heavy atom. The lowest BCUT2D eigenvalue weighted by Gasteiger charge is -2.07. The van der Waals surface area contributed by atoms with Gasteiger partial charge in [0.2, 0.25) is 10.0 Å². The van der Waals surface area contributed by atoms with Crippen LogP contribution in [0, 0.1) is 0 Å². The molecular formula is C13H15N3O4S. The van der Waals surface area contributed by atoms with Crippen molar-refractivity contribution < 1.29 is 17.6 Å². The van der Waals surface area contributed by atoms with Gasteiger partial charge >= 0.3 is 6.03 Å². The number of benzene rings is 1. The first kappa shape index (κ1) is 15.1. The molecule has 0 aliphatic rings. The fraction of sp³-hybridized carbons (Fsp3) is 0.154. The fourth-order valence-corrected chi connectivity index (χ4v) is 2.14. The van der Waals surface area contributed by atoms with Crippen LogP contribution in [0.2, 0.25) is 0 Å². The molecular weight excluding hydrogens is 294 g/mol. The number of amides is 2. The molecule has 4 N–H and O–H groups in total. The molecule has 0 atom stereocenters. The van der Waals surface area contributed by atoms with Crippen molar-refractivity contribution in [2.75, 3.05) is 0 Å². The van der Waals surface area contributed by atoms with E-state index in [1.807, 2.05) is 0 Å². The van der Waals surface area contributed by atoms with Gasteiger partial charge in [0.25, 0.3) is 0 Å². The van der Waals surface area contributed by atoms with Gasteiger partial charge in [0.15, 0.2) is 0 Å². The predicted molar refractivity (Wildman–Crippen MR) is 75.6 cm³/mol. The number of nitrogens with two attached hydrogens (primary N) is 1. The van der Waals surface area contributed by atoms with Crippen LogP contribution in [0.4, 0.5) is 4.79 Å². The summed E-state index contributed by atoms with van der Waals surface area (Å²) in [6.45, 7) is 0.568. The molecule has 0 aliphatic heterocycles. The minimum absolute atomic E-state index is 0.0357. The van der Waals surface area contributed by atoms with E-state index >= 15 is 0 Å². The van der Waals surface area contributed by atoms with Crippen LogP contribution in [-0.4, -0.2) is 14.4 Å². The van der Waals surface area contributed by atoms with Gasteiger partial charge in [-0.25, -0.2) is 18.4 Å². The van der Waals surface area contributed by atoms with Crippen molar-refractivity contribution in [3.8, 4) is 0 Å². The van der Waals surface area contributed by atoms with Gasteiger partial charge in [-0.05, 0) is 29.8 Å². The Labute approximate surface area is 122 Å². The third kappa shape index (κ3) is 4.62. The molecule has 0 radical (unpaired) electrons. The van der Waals surface area contributed by atoms with Crippen LogP contribution >= 0.6 is 0 Å². The number of sulfonamides is 1. The Bertz CT molecular complexity index is 694. The SMILES string of the molecule is NS(=O)(=O)c1ccc(CNC(=O)NCc2ccco2)cc1. The molecule has 7 nitrogen and oxygen atoms in total. The molecule has 1 aromatic carbocycles. The number of hydrogen-bond acceptors (Lipinski definition) is 4. The first-order chi connectivity index (χ1) is 9.95. The minimum Gasteiger partial charge on any atom is -0.467 e. The van der Waals surface area contributed by atoms with E-state index in [1.54, 1.807) is 24.3 Å². The lowest BCUT2D eigenvalue weighted by Crippen LogP contribution is -2.34. The van der Waals surface area contributed by atoms with E-state index in [0.29, 0.717) is 12.3 Å².